The van der Waals surface area contributed by atoms with Crippen molar-refractivity contribution in [2.75, 3.05) is 19.3 Å². The number of hydrogen-bond acceptors (Lipinski definition) is 2. The normalized spacial score (nSPS) is 14.5. The Bertz CT molecular complexity index is 591. The first-order valence-corrected chi connectivity index (χ1v) is 8.77. The van der Waals surface area contributed by atoms with E-state index in [4.69, 9.17) is 0 Å². The van der Waals surface area contributed by atoms with Gasteiger partial charge in [0.2, 0.25) is 0 Å². The Morgan fingerprint density at radius 2 is 1.92 bits per heavy atom. The molecule has 8 heteroatoms. The molecule has 138 valence electrons. The van der Waals surface area contributed by atoms with E-state index in [0.29, 0.717) is 23.8 Å². The molecular formula is C16H26F2IN3OS. The van der Waals surface area contributed by atoms with Crippen molar-refractivity contribution in [1.82, 2.24) is 10.6 Å². The fraction of sp³-hybridized carbons (Fsp3) is 0.562. The number of aliphatic imine (C=N–C) groups is 1. The van der Waals surface area contributed by atoms with E-state index in [0.717, 1.165) is 12.1 Å². The summed E-state index contributed by atoms with van der Waals surface area (Å²) in [6.45, 7) is 8.13. The van der Waals surface area contributed by atoms with Crippen LogP contribution in [0.15, 0.2) is 23.2 Å². The van der Waals surface area contributed by atoms with Crippen molar-refractivity contribution in [3.63, 3.8) is 0 Å². The Morgan fingerprint density at radius 1 is 1.29 bits per heavy atom. The van der Waals surface area contributed by atoms with E-state index in [1.54, 1.807) is 7.05 Å². The van der Waals surface area contributed by atoms with Crippen LogP contribution in [0.5, 0.6) is 0 Å². The van der Waals surface area contributed by atoms with Crippen LogP contribution in [0.25, 0.3) is 0 Å². The molecule has 0 fully saturated rings. The second-order valence-electron chi connectivity index (χ2n) is 6.20. The minimum absolute atomic E-state index is 0. The summed E-state index contributed by atoms with van der Waals surface area (Å²) in [4.78, 5) is 4.08. The molecule has 0 aliphatic heterocycles. The smallest absolute Gasteiger partial charge is 0.191 e. The molecule has 2 N–H and O–H groups in total. The van der Waals surface area contributed by atoms with Crippen LogP contribution in [-0.2, 0) is 10.8 Å². The fourth-order valence-corrected chi connectivity index (χ4v) is 2.73. The molecule has 0 saturated heterocycles. The van der Waals surface area contributed by atoms with E-state index < -0.39 is 22.4 Å². The maximum absolute atomic E-state index is 13.3. The van der Waals surface area contributed by atoms with Crippen LogP contribution in [0, 0.1) is 11.6 Å². The lowest BCUT2D eigenvalue weighted by molar-refractivity contribution is 0.504. The molecule has 0 aromatic heterocycles. The lowest BCUT2D eigenvalue weighted by atomic mass is 10.1. The zero-order valence-corrected chi connectivity index (χ0v) is 17.8. The maximum Gasteiger partial charge on any atom is 0.191 e. The quantitative estimate of drug-likeness (QED) is 0.392. The summed E-state index contributed by atoms with van der Waals surface area (Å²) in [5, 5.41) is 6.17. The molecular weight excluding hydrogens is 447 g/mol. The van der Waals surface area contributed by atoms with Gasteiger partial charge in [-0.3, -0.25) is 9.20 Å². The van der Waals surface area contributed by atoms with Gasteiger partial charge in [0.05, 0.1) is 6.04 Å². The SMILES string of the molecule is CN=C(NCCS(=O)C(C)(C)C)NC(C)c1ccc(F)c(F)c1.I. The van der Waals surface area contributed by atoms with E-state index in [2.05, 4.69) is 15.6 Å². The van der Waals surface area contributed by atoms with Crippen molar-refractivity contribution in [3.8, 4) is 0 Å². The lowest BCUT2D eigenvalue weighted by Crippen LogP contribution is -2.41. The first kappa shape index (κ1) is 23.2. The van der Waals surface area contributed by atoms with Crippen molar-refractivity contribution in [3.05, 3.63) is 35.4 Å². The number of guanidine groups is 1. The van der Waals surface area contributed by atoms with Gasteiger partial charge in [0.15, 0.2) is 17.6 Å². The average Bonchev–Trinajstić information content (AvgIpc) is 2.47. The molecule has 0 aliphatic carbocycles. The topological polar surface area (TPSA) is 53.5 Å². The highest BCUT2D eigenvalue weighted by Crippen LogP contribution is 2.15. The third-order valence-corrected chi connectivity index (χ3v) is 5.22. The van der Waals surface area contributed by atoms with Crippen molar-refractivity contribution < 1.29 is 13.0 Å². The molecule has 0 amide bonds. The number of hydrogen-bond donors (Lipinski definition) is 2. The standard InChI is InChI=1S/C16H25F2N3OS.HI/c1-11(12-6-7-13(17)14(18)10-12)21-15(19-5)20-8-9-23(22)16(2,3)4;/h6-7,10-11H,8-9H2,1-5H3,(H2,19,20,21);1H. The van der Waals surface area contributed by atoms with Crippen LogP contribution in [-0.4, -0.2) is 34.3 Å². The van der Waals surface area contributed by atoms with E-state index >= 15 is 0 Å². The third-order valence-electron chi connectivity index (χ3n) is 3.28. The van der Waals surface area contributed by atoms with E-state index in [1.807, 2.05) is 27.7 Å². The first-order valence-electron chi connectivity index (χ1n) is 7.45. The first-order chi connectivity index (χ1) is 10.6. The highest BCUT2D eigenvalue weighted by molar-refractivity contribution is 14.0. The van der Waals surface area contributed by atoms with Gasteiger partial charge in [0.1, 0.15) is 0 Å². The van der Waals surface area contributed by atoms with Gasteiger partial charge in [-0.15, -0.1) is 24.0 Å². The molecule has 2 atom stereocenters. The summed E-state index contributed by atoms with van der Waals surface area (Å²) in [6, 6.07) is 3.54. The van der Waals surface area contributed by atoms with Crippen LogP contribution in [0.4, 0.5) is 8.78 Å². The maximum atomic E-state index is 13.3. The summed E-state index contributed by atoms with van der Waals surface area (Å²) < 4.78 is 38.0. The van der Waals surface area contributed by atoms with Gasteiger partial charge >= 0.3 is 0 Å². The summed E-state index contributed by atoms with van der Waals surface area (Å²) in [5.41, 5.74) is 0.616. The van der Waals surface area contributed by atoms with E-state index in [-0.39, 0.29) is 34.8 Å². The Balaban J connectivity index is 0.00000529. The number of benzene rings is 1. The predicted octanol–water partition coefficient (Wildman–Crippen LogP) is 3.36. The largest absolute Gasteiger partial charge is 0.355 e. The summed E-state index contributed by atoms with van der Waals surface area (Å²) in [7, 11) is 0.672. The number of nitrogens with one attached hydrogen (secondary N) is 2. The summed E-state index contributed by atoms with van der Waals surface area (Å²) >= 11 is 0. The zero-order chi connectivity index (χ0) is 17.6. The number of halogens is 3. The number of rotatable bonds is 5. The highest BCUT2D eigenvalue weighted by Gasteiger charge is 2.19. The molecule has 4 nitrogen and oxygen atoms in total. The second-order valence-corrected chi connectivity index (χ2v) is 8.52. The van der Waals surface area contributed by atoms with Crippen LogP contribution >= 0.6 is 24.0 Å². The Morgan fingerprint density at radius 3 is 2.42 bits per heavy atom. The van der Waals surface area contributed by atoms with Crippen molar-refractivity contribution in [2.24, 2.45) is 4.99 Å². The Hall–Kier alpha value is -0.770. The van der Waals surface area contributed by atoms with Crippen molar-refractivity contribution in [1.29, 1.82) is 0 Å². The second kappa shape index (κ2) is 10.3. The molecule has 0 heterocycles. The molecule has 0 saturated carbocycles. The van der Waals surface area contributed by atoms with Crippen LogP contribution in [0.3, 0.4) is 0 Å². The molecule has 24 heavy (non-hydrogen) atoms. The lowest BCUT2D eigenvalue weighted by Gasteiger charge is -2.20. The van der Waals surface area contributed by atoms with Gasteiger partial charge in [-0.25, -0.2) is 8.78 Å². The summed E-state index contributed by atoms with van der Waals surface area (Å²) in [6.07, 6.45) is 0. The molecule has 0 bridgehead atoms. The van der Waals surface area contributed by atoms with Crippen LogP contribution < -0.4 is 10.6 Å². The van der Waals surface area contributed by atoms with Gasteiger partial charge in [-0.05, 0) is 45.4 Å². The monoisotopic (exact) mass is 473 g/mol. The predicted molar refractivity (Wildman–Crippen MR) is 107 cm³/mol. The summed E-state index contributed by atoms with van der Waals surface area (Å²) in [5.74, 6) is -0.718. The van der Waals surface area contributed by atoms with E-state index in [9.17, 15) is 13.0 Å². The van der Waals surface area contributed by atoms with E-state index in [1.165, 1.54) is 6.07 Å². The van der Waals surface area contributed by atoms with Crippen molar-refractivity contribution >= 4 is 40.7 Å². The van der Waals surface area contributed by atoms with Gasteiger partial charge in [-0.2, -0.15) is 0 Å². The molecule has 1 rings (SSSR count). The molecule has 2 unspecified atom stereocenters. The van der Waals surface area contributed by atoms with Gasteiger partial charge in [-0.1, -0.05) is 6.07 Å². The van der Waals surface area contributed by atoms with Gasteiger partial charge in [0.25, 0.3) is 0 Å². The molecule has 0 spiro atoms. The number of nitrogens with zero attached hydrogens (tertiary/aromatic N) is 1. The molecule has 0 aliphatic rings. The minimum Gasteiger partial charge on any atom is -0.355 e. The van der Waals surface area contributed by atoms with Gasteiger partial charge in [0, 0.05) is 34.9 Å². The minimum atomic E-state index is -0.947. The third kappa shape index (κ3) is 7.42. The molecule has 0 radical (unpaired) electrons. The van der Waals surface area contributed by atoms with Crippen LogP contribution in [0.1, 0.15) is 39.3 Å². The van der Waals surface area contributed by atoms with Gasteiger partial charge < -0.3 is 10.6 Å². The molecule has 1 aromatic carbocycles. The highest BCUT2D eigenvalue weighted by atomic mass is 127. The Kier molecular flexibility index (Phi) is 9.94. The Labute approximate surface area is 162 Å². The zero-order valence-electron chi connectivity index (χ0n) is 14.7. The molecule has 1 aromatic rings. The average molecular weight is 473 g/mol. The van der Waals surface area contributed by atoms with Crippen molar-refractivity contribution in [2.45, 2.75) is 38.5 Å². The van der Waals surface area contributed by atoms with Crippen LogP contribution in [0.2, 0.25) is 0 Å². The fourth-order valence-electron chi connectivity index (χ4n) is 1.83.